The average molecular weight is 304 g/mol. The van der Waals surface area contributed by atoms with E-state index in [1.807, 2.05) is 11.0 Å². The molecule has 1 aromatic heterocycles. The van der Waals surface area contributed by atoms with Crippen LogP contribution in [0.5, 0.6) is 0 Å². The number of hydrogen-bond donors (Lipinski definition) is 1. The number of alkyl halides is 3. The smallest absolute Gasteiger partial charge is 0.380 e. The van der Waals surface area contributed by atoms with Gasteiger partial charge >= 0.3 is 6.18 Å². The van der Waals surface area contributed by atoms with Crippen molar-refractivity contribution in [3.05, 3.63) is 17.5 Å². The predicted octanol–water partition coefficient (Wildman–Crippen LogP) is 2.83. The Morgan fingerprint density at radius 1 is 1.33 bits per heavy atom. The van der Waals surface area contributed by atoms with Gasteiger partial charge in [0.25, 0.3) is 0 Å². The molecule has 1 unspecified atom stereocenters. The summed E-state index contributed by atoms with van der Waals surface area (Å²) in [4.78, 5) is 1.89. The summed E-state index contributed by atoms with van der Waals surface area (Å²) in [6.07, 6.45) is -2.51. The Bertz CT molecular complexity index is 499. The molecule has 1 N–H and O–H groups in total. The molecule has 1 aromatic rings. The Morgan fingerprint density at radius 2 is 2.10 bits per heavy atom. The summed E-state index contributed by atoms with van der Waals surface area (Å²) in [5, 5.41) is 13.8. The lowest BCUT2D eigenvalue weighted by Crippen LogP contribution is -2.45. The van der Waals surface area contributed by atoms with Gasteiger partial charge in [0.15, 0.2) is 11.4 Å². The van der Waals surface area contributed by atoms with E-state index in [1.54, 1.807) is 0 Å². The van der Waals surface area contributed by atoms with E-state index in [1.165, 1.54) is 0 Å². The molecule has 2 fully saturated rings. The number of hydrogen-bond acceptors (Lipinski definition) is 4. The van der Waals surface area contributed by atoms with Gasteiger partial charge in [-0.15, -0.1) is 0 Å². The van der Waals surface area contributed by atoms with Gasteiger partial charge in [-0.3, -0.25) is 4.90 Å². The van der Waals surface area contributed by atoms with Crippen LogP contribution in [0.15, 0.2) is 10.6 Å². The topological polar surface area (TPSA) is 49.5 Å². The molecular formula is C14H19F3N2O2. The fourth-order valence-corrected chi connectivity index (χ4v) is 2.81. The predicted molar refractivity (Wildman–Crippen MR) is 68.6 cm³/mol. The van der Waals surface area contributed by atoms with Gasteiger partial charge in [0.2, 0.25) is 0 Å². The van der Waals surface area contributed by atoms with Gasteiger partial charge in [-0.25, -0.2) is 0 Å². The summed E-state index contributed by atoms with van der Waals surface area (Å²) in [5.41, 5.74) is -1.60. The molecule has 1 saturated heterocycles. The maximum Gasteiger partial charge on any atom is 0.417 e. The molecule has 0 amide bonds. The molecule has 0 bridgehead atoms. The molecule has 0 radical (unpaired) electrons. The van der Waals surface area contributed by atoms with Crippen LogP contribution in [-0.2, 0) is 6.54 Å². The number of rotatable bonds is 3. The first-order valence-electron chi connectivity index (χ1n) is 7.34. The highest BCUT2D eigenvalue weighted by Crippen LogP contribution is 2.40. The Morgan fingerprint density at radius 3 is 2.76 bits per heavy atom. The molecule has 1 saturated carbocycles. The minimum Gasteiger partial charge on any atom is -0.380 e. The minimum absolute atomic E-state index is 0.204. The highest BCUT2D eigenvalue weighted by molar-refractivity contribution is 5.15. The Labute approximate surface area is 120 Å². The molecule has 1 aliphatic carbocycles. The van der Waals surface area contributed by atoms with Crippen molar-refractivity contribution in [2.45, 2.75) is 56.3 Å². The number of halogens is 3. The SMILES string of the molecule is OC1(C(F)(F)F)CCCN(Cc2cc(C3CC3)no2)CC1. The summed E-state index contributed by atoms with van der Waals surface area (Å²) in [6, 6.07) is 1.90. The summed E-state index contributed by atoms with van der Waals surface area (Å²) in [6.45, 7) is 1.18. The van der Waals surface area contributed by atoms with Crippen LogP contribution in [0.2, 0.25) is 0 Å². The molecule has 2 heterocycles. The minimum atomic E-state index is -4.56. The highest BCUT2D eigenvalue weighted by Gasteiger charge is 2.53. The van der Waals surface area contributed by atoms with E-state index >= 15 is 0 Å². The Kier molecular flexibility index (Phi) is 3.73. The van der Waals surface area contributed by atoms with E-state index in [0.717, 1.165) is 18.5 Å². The normalized spacial score (nSPS) is 28.6. The van der Waals surface area contributed by atoms with Crippen molar-refractivity contribution in [3.8, 4) is 0 Å². The summed E-state index contributed by atoms with van der Waals surface area (Å²) >= 11 is 0. The lowest BCUT2D eigenvalue weighted by molar-refractivity contribution is -0.263. The third kappa shape index (κ3) is 3.23. The third-order valence-electron chi connectivity index (χ3n) is 4.39. The van der Waals surface area contributed by atoms with Crippen LogP contribution in [0.4, 0.5) is 13.2 Å². The summed E-state index contributed by atoms with van der Waals surface area (Å²) < 4.78 is 43.8. The van der Waals surface area contributed by atoms with E-state index in [-0.39, 0.29) is 19.4 Å². The van der Waals surface area contributed by atoms with E-state index in [9.17, 15) is 18.3 Å². The van der Waals surface area contributed by atoms with E-state index in [4.69, 9.17) is 4.52 Å². The molecule has 1 atom stereocenters. The largest absolute Gasteiger partial charge is 0.417 e. The Balaban J connectivity index is 1.59. The quantitative estimate of drug-likeness (QED) is 0.933. The molecule has 4 nitrogen and oxygen atoms in total. The zero-order valence-electron chi connectivity index (χ0n) is 11.7. The van der Waals surface area contributed by atoms with Crippen LogP contribution in [0.25, 0.3) is 0 Å². The number of nitrogens with zero attached hydrogens (tertiary/aromatic N) is 2. The molecule has 3 rings (SSSR count). The lowest BCUT2D eigenvalue weighted by atomic mass is 9.94. The molecule has 2 aliphatic rings. The molecular weight excluding hydrogens is 285 g/mol. The first-order valence-corrected chi connectivity index (χ1v) is 7.34. The van der Waals surface area contributed by atoms with Gasteiger partial charge in [0.05, 0.1) is 12.2 Å². The second-order valence-corrected chi connectivity index (χ2v) is 6.15. The van der Waals surface area contributed by atoms with E-state index < -0.39 is 11.8 Å². The Hall–Kier alpha value is -1.08. The fraction of sp³-hybridized carbons (Fsp3) is 0.786. The fourth-order valence-electron chi connectivity index (χ4n) is 2.81. The van der Waals surface area contributed by atoms with Gasteiger partial charge in [-0.2, -0.15) is 13.2 Å². The van der Waals surface area contributed by atoms with Gasteiger partial charge in [-0.1, -0.05) is 5.16 Å². The molecule has 0 aromatic carbocycles. The van der Waals surface area contributed by atoms with Crippen LogP contribution < -0.4 is 0 Å². The maximum absolute atomic E-state index is 12.9. The van der Waals surface area contributed by atoms with Crippen molar-refractivity contribution < 1.29 is 22.8 Å². The molecule has 118 valence electrons. The van der Waals surface area contributed by atoms with Crippen molar-refractivity contribution in [3.63, 3.8) is 0 Å². The second-order valence-electron chi connectivity index (χ2n) is 6.15. The first kappa shape index (κ1) is 14.8. The van der Waals surface area contributed by atoms with Gasteiger partial charge in [0, 0.05) is 18.5 Å². The molecule has 21 heavy (non-hydrogen) atoms. The number of aliphatic hydroxyl groups is 1. The van der Waals surface area contributed by atoms with Crippen molar-refractivity contribution in [1.82, 2.24) is 10.1 Å². The van der Waals surface area contributed by atoms with Gasteiger partial charge in [-0.05, 0) is 38.6 Å². The zero-order chi connectivity index (χ0) is 15.1. The lowest BCUT2D eigenvalue weighted by Gasteiger charge is -2.29. The molecule has 1 aliphatic heterocycles. The van der Waals surface area contributed by atoms with Gasteiger partial charge in [0.1, 0.15) is 0 Å². The van der Waals surface area contributed by atoms with E-state index in [2.05, 4.69) is 5.16 Å². The first-order chi connectivity index (χ1) is 9.87. The molecule has 0 spiro atoms. The highest BCUT2D eigenvalue weighted by atomic mass is 19.4. The summed E-state index contributed by atoms with van der Waals surface area (Å²) in [7, 11) is 0. The van der Waals surface area contributed by atoms with Crippen molar-refractivity contribution >= 4 is 0 Å². The summed E-state index contributed by atoms with van der Waals surface area (Å²) in [5.74, 6) is 1.19. The third-order valence-corrected chi connectivity index (χ3v) is 4.39. The van der Waals surface area contributed by atoms with Gasteiger partial charge < -0.3 is 9.63 Å². The standard InChI is InChI=1S/C14H19F3N2O2/c15-14(16,17)13(20)4-1-6-19(7-5-13)9-11-8-12(18-21-11)10-2-3-10/h8,10,20H,1-7,9H2. The van der Waals surface area contributed by atoms with Crippen molar-refractivity contribution in [2.24, 2.45) is 0 Å². The zero-order valence-corrected chi connectivity index (χ0v) is 11.7. The number of likely N-dealkylation sites (tertiary alicyclic amines) is 1. The van der Waals surface area contributed by atoms with Crippen LogP contribution >= 0.6 is 0 Å². The van der Waals surface area contributed by atoms with Crippen LogP contribution in [-0.4, -0.2) is 40.0 Å². The second kappa shape index (κ2) is 5.28. The average Bonchev–Trinajstić information content (AvgIpc) is 3.17. The van der Waals surface area contributed by atoms with E-state index in [0.29, 0.717) is 31.2 Å². The maximum atomic E-state index is 12.9. The van der Waals surface area contributed by atoms with Crippen LogP contribution in [0, 0.1) is 0 Å². The number of aromatic nitrogens is 1. The van der Waals surface area contributed by atoms with Crippen molar-refractivity contribution in [2.75, 3.05) is 13.1 Å². The van der Waals surface area contributed by atoms with Crippen molar-refractivity contribution in [1.29, 1.82) is 0 Å². The van der Waals surface area contributed by atoms with Crippen LogP contribution in [0.3, 0.4) is 0 Å². The molecule has 7 heteroatoms. The van der Waals surface area contributed by atoms with Crippen LogP contribution in [0.1, 0.15) is 49.5 Å². The monoisotopic (exact) mass is 304 g/mol.